The standard InChI is InChI=1S/C26H21FN4O2S/c27-19-8-9-22-20(15-19)24(21(16-28)25(32)31(22)17-18-5-2-1-3-6-18)29-10-12-30(13-11-29)26(33)23-7-4-14-34-23/h1-9,14-15H,10-13,17H2. The maximum Gasteiger partial charge on any atom is 0.271 e. The predicted molar refractivity (Wildman–Crippen MR) is 131 cm³/mol. The average Bonchev–Trinajstić information content (AvgIpc) is 3.41. The number of aromatic nitrogens is 1. The topological polar surface area (TPSA) is 69.3 Å². The second-order valence-electron chi connectivity index (χ2n) is 8.13. The van der Waals surface area contributed by atoms with Gasteiger partial charge in [-0.1, -0.05) is 36.4 Å². The third-order valence-corrected chi connectivity index (χ3v) is 6.97. The highest BCUT2D eigenvalue weighted by molar-refractivity contribution is 7.12. The Bertz CT molecular complexity index is 1450. The van der Waals surface area contributed by atoms with E-state index in [1.165, 1.54) is 28.0 Å². The molecule has 3 heterocycles. The van der Waals surface area contributed by atoms with Crippen LogP contribution in [0.3, 0.4) is 0 Å². The van der Waals surface area contributed by atoms with Gasteiger partial charge in [0, 0.05) is 31.6 Å². The van der Waals surface area contributed by atoms with Crippen molar-refractivity contribution < 1.29 is 9.18 Å². The zero-order valence-electron chi connectivity index (χ0n) is 18.3. The van der Waals surface area contributed by atoms with Crippen LogP contribution in [0.4, 0.5) is 10.1 Å². The average molecular weight is 473 g/mol. The fourth-order valence-electron chi connectivity index (χ4n) is 4.46. The Labute approximate surface area is 199 Å². The normalized spacial score (nSPS) is 13.8. The molecule has 170 valence electrons. The van der Waals surface area contributed by atoms with Crippen LogP contribution < -0.4 is 10.5 Å². The summed E-state index contributed by atoms with van der Waals surface area (Å²) in [4.78, 5) is 30.5. The number of nitriles is 1. The van der Waals surface area contributed by atoms with Crippen LogP contribution >= 0.6 is 11.3 Å². The van der Waals surface area contributed by atoms with Crippen molar-refractivity contribution in [2.24, 2.45) is 0 Å². The molecule has 4 aromatic rings. The van der Waals surface area contributed by atoms with Gasteiger partial charge in [-0.3, -0.25) is 9.59 Å². The summed E-state index contributed by atoms with van der Waals surface area (Å²) >= 11 is 1.40. The first kappa shape index (κ1) is 21.9. The van der Waals surface area contributed by atoms with Crippen LogP contribution in [0.2, 0.25) is 0 Å². The van der Waals surface area contributed by atoms with Gasteiger partial charge in [-0.2, -0.15) is 5.26 Å². The van der Waals surface area contributed by atoms with E-state index in [2.05, 4.69) is 6.07 Å². The molecule has 0 bridgehead atoms. The van der Waals surface area contributed by atoms with Gasteiger partial charge in [0.15, 0.2) is 0 Å². The maximum atomic E-state index is 14.4. The summed E-state index contributed by atoms with van der Waals surface area (Å²) in [6.45, 7) is 2.07. The number of hydrogen-bond acceptors (Lipinski definition) is 5. The molecule has 0 N–H and O–H groups in total. The third kappa shape index (κ3) is 3.95. The van der Waals surface area contributed by atoms with Crippen LogP contribution in [0.1, 0.15) is 20.8 Å². The second kappa shape index (κ2) is 9.12. The molecule has 0 radical (unpaired) electrons. The first-order valence-corrected chi connectivity index (χ1v) is 11.8. The van der Waals surface area contributed by atoms with E-state index in [0.29, 0.717) is 47.6 Å². The number of pyridine rings is 1. The Morgan fingerprint density at radius 2 is 1.79 bits per heavy atom. The van der Waals surface area contributed by atoms with Gasteiger partial charge in [-0.25, -0.2) is 4.39 Å². The lowest BCUT2D eigenvalue weighted by Gasteiger charge is -2.37. The summed E-state index contributed by atoms with van der Waals surface area (Å²) < 4.78 is 15.9. The van der Waals surface area contributed by atoms with Crippen LogP contribution in [0.25, 0.3) is 10.9 Å². The first-order chi connectivity index (χ1) is 16.6. The Hall–Kier alpha value is -3.96. The lowest BCUT2D eigenvalue weighted by Crippen LogP contribution is -2.49. The molecule has 0 unspecified atom stereocenters. The van der Waals surface area contributed by atoms with Gasteiger partial charge in [0.05, 0.1) is 22.6 Å². The summed E-state index contributed by atoms with van der Waals surface area (Å²) in [6.07, 6.45) is 0. The molecule has 0 saturated carbocycles. The van der Waals surface area contributed by atoms with Crippen molar-refractivity contribution in [3.8, 4) is 6.07 Å². The van der Waals surface area contributed by atoms with Crippen molar-refractivity contribution in [2.45, 2.75) is 6.54 Å². The number of thiophene rings is 1. The molecule has 1 saturated heterocycles. The molecule has 8 heteroatoms. The van der Waals surface area contributed by atoms with Crippen LogP contribution in [0, 0.1) is 17.1 Å². The fourth-order valence-corrected chi connectivity index (χ4v) is 5.15. The molecule has 0 atom stereocenters. The minimum Gasteiger partial charge on any atom is -0.366 e. The minimum atomic E-state index is -0.436. The van der Waals surface area contributed by atoms with E-state index in [0.717, 1.165) is 5.56 Å². The van der Waals surface area contributed by atoms with E-state index in [1.54, 1.807) is 17.0 Å². The molecule has 1 amide bonds. The van der Waals surface area contributed by atoms with Gasteiger partial charge in [0.25, 0.3) is 11.5 Å². The van der Waals surface area contributed by atoms with Crippen LogP contribution in [0.15, 0.2) is 70.8 Å². The van der Waals surface area contributed by atoms with Gasteiger partial charge < -0.3 is 14.4 Å². The maximum absolute atomic E-state index is 14.4. The van der Waals surface area contributed by atoms with E-state index in [9.17, 15) is 19.2 Å². The lowest BCUT2D eigenvalue weighted by atomic mass is 10.1. The van der Waals surface area contributed by atoms with Gasteiger partial charge in [-0.05, 0) is 35.2 Å². The number of fused-ring (bicyclic) bond motifs is 1. The van der Waals surface area contributed by atoms with Crippen molar-refractivity contribution in [3.05, 3.63) is 98.2 Å². The Balaban J connectivity index is 1.55. The summed E-state index contributed by atoms with van der Waals surface area (Å²) in [5.41, 5.74) is 1.51. The number of carbonyl (C=O) groups is 1. The highest BCUT2D eigenvalue weighted by atomic mass is 32.1. The Morgan fingerprint density at radius 3 is 2.47 bits per heavy atom. The molecule has 2 aromatic carbocycles. The van der Waals surface area contributed by atoms with Gasteiger partial charge in [0.1, 0.15) is 17.4 Å². The molecular weight excluding hydrogens is 451 g/mol. The number of hydrogen-bond donors (Lipinski definition) is 0. The van der Waals surface area contributed by atoms with E-state index in [1.807, 2.05) is 46.7 Å². The van der Waals surface area contributed by atoms with Gasteiger partial charge in [0.2, 0.25) is 0 Å². The largest absolute Gasteiger partial charge is 0.366 e. The smallest absolute Gasteiger partial charge is 0.271 e. The number of anilines is 1. The quantitative estimate of drug-likeness (QED) is 0.449. The predicted octanol–water partition coefficient (Wildman–Crippen LogP) is 4.08. The SMILES string of the molecule is N#Cc1c(N2CCN(C(=O)c3cccs3)CC2)c2cc(F)ccc2n(Cc2ccccc2)c1=O. The van der Waals surface area contributed by atoms with Crippen molar-refractivity contribution in [2.75, 3.05) is 31.1 Å². The lowest BCUT2D eigenvalue weighted by molar-refractivity contribution is 0.0751. The fraction of sp³-hybridized carbons (Fsp3) is 0.192. The van der Waals surface area contributed by atoms with E-state index in [-0.39, 0.29) is 18.0 Å². The number of amides is 1. The minimum absolute atomic E-state index is 0.00735. The van der Waals surface area contributed by atoms with Crippen molar-refractivity contribution in [1.29, 1.82) is 5.26 Å². The third-order valence-electron chi connectivity index (χ3n) is 6.11. The molecular formula is C26H21FN4O2S. The van der Waals surface area contributed by atoms with E-state index < -0.39 is 11.4 Å². The van der Waals surface area contributed by atoms with E-state index in [4.69, 9.17) is 0 Å². The highest BCUT2D eigenvalue weighted by Crippen LogP contribution is 2.31. The summed E-state index contributed by atoms with van der Waals surface area (Å²) in [5, 5.41) is 12.4. The second-order valence-corrected chi connectivity index (χ2v) is 9.08. The summed E-state index contributed by atoms with van der Waals surface area (Å²) in [6, 6.07) is 19.5. The highest BCUT2D eigenvalue weighted by Gasteiger charge is 2.27. The van der Waals surface area contributed by atoms with Gasteiger partial charge in [-0.15, -0.1) is 11.3 Å². The van der Waals surface area contributed by atoms with Crippen molar-refractivity contribution >= 4 is 33.8 Å². The number of piperazine rings is 1. The molecule has 0 spiro atoms. The zero-order chi connectivity index (χ0) is 23.7. The monoisotopic (exact) mass is 472 g/mol. The molecule has 2 aromatic heterocycles. The molecule has 5 rings (SSSR count). The number of rotatable bonds is 4. The van der Waals surface area contributed by atoms with Crippen LogP contribution in [-0.2, 0) is 6.54 Å². The van der Waals surface area contributed by atoms with Gasteiger partial charge >= 0.3 is 0 Å². The molecule has 6 nitrogen and oxygen atoms in total. The Kier molecular flexibility index (Phi) is 5.86. The van der Waals surface area contributed by atoms with Crippen molar-refractivity contribution in [1.82, 2.24) is 9.47 Å². The van der Waals surface area contributed by atoms with Crippen molar-refractivity contribution in [3.63, 3.8) is 0 Å². The molecule has 34 heavy (non-hydrogen) atoms. The molecule has 1 aliphatic heterocycles. The Morgan fingerprint density at radius 1 is 1.03 bits per heavy atom. The number of nitrogens with zero attached hydrogens (tertiary/aromatic N) is 4. The summed E-state index contributed by atoms with van der Waals surface area (Å²) in [7, 11) is 0. The van der Waals surface area contributed by atoms with Crippen LogP contribution in [-0.4, -0.2) is 41.6 Å². The molecule has 0 aliphatic carbocycles. The zero-order valence-corrected chi connectivity index (χ0v) is 19.1. The number of halogens is 1. The molecule has 1 fully saturated rings. The summed E-state index contributed by atoms with van der Waals surface area (Å²) in [5.74, 6) is -0.460. The number of carbonyl (C=O) groups excluding carboxylic acids is 1. The number of benzene rings is 2. The first-order valence-electron chi connectivity index (χ1n) is 10.9. The molecule has 1 aliphatic rings. The van der Waals surface area contributed by atoms with Crippen LogP contribution in [0.5, 0.6) is 0 Å². The van der Waals surface area contributed by atoms with E-state index >= 15 is 0 Å².